The van der Waals surface area contributed by atoms with Gasteiger partial charge in [-0.1, -0.05) is 5.16 Å². The Morgan fingerprint density at radius 3 is 3.00 bits per heavy atom. The summed E-state index contributed by atoms with van der Waals surface area (Å²) in [7, 11) is 1.71. The van der Waals surface area contributed by atoms with Crippen molar-refractivity contribution in [2.24, 2.45) is 0 Å². The number of carbonyl (C=O) groups is 1. The monoisotopic (exact) mass is 154 g/mol. The molecule has 4 heteroatoms. The van der Waals surface area contributed by atoms with E-state index in [-0.39, 0.29) is 12.3 Å². The van der Waals surface area contributed by atoms with Crippen LogP contribution >= 0.6 is 0 Å². The van der Waals surface area contributed by atoms with Gasteiger partial charge in [0.2, 0.25) is 11.5 Å². The summed E-state index contributed by atoms with van der Waals surface area (Å²) in [6.45, 7) is 2.06. The first-order chi connectivity index (χ1) is 5.24. The van der Waals surface area contributed by atoms with Gasteiger partial charge >= 0.3 is 0 Å². The highest BCUT2D eigenvalue weighted by molar-refractivity contribution is 5.94. The largest absolute Gasteiger partial charge is 0.353 e. The average molecular weight is 154 g/mol. The van der Waals surface area contributed by atoms with Crippen LogP contribution in [-0.2, 0) is 0 Å². The minimum atomic E-state index is -0.0758. The van der Waals surface area contributed by atoms with E-state index < -0.39 is 0 Å². The van der Waals surface area contributed by atoms with Gasteiger partial charge in [0.15, 0.2) is 0 Å². The number of carbonyl (C=O) groups excluding carboxylic acids is 1. The summed E-state index contributed by atoms with van der Waals surface area (Å²) in [5.74, 6) is 0.241. The molecule has 0 fully saturated rings. The molecule has 0 aliphatic carbocycles. The Morgan fingerprint density at radius 2 is 2.55 bits per heavy atom. The highest BCUT2D eigenvalue weighted by atomic mass is 16.5. The van der Waals surface area contributed by atoms with Crippen molar-refractivity contribution in [3.05, 3.63) is 17.5 Å². The summed E-state index contributed by atoms with van der Waals surface area (Å²) in [6.07, 6.45) is 0. The summed E-state index contributed by atoms with van der Waals surface area (Å²) >= 11 is 0. The first-order valence-electron chi connectivity index (χ1n) is 3.35. The van der Waals surface area contributed by atoms with Gasteiger partial charge in [-0.25, -0.2) is 0 Å². The molecule has 60 valence electrons. The predicted octanol–water partition coefficient (Wildman–Crippen LogP) is 0.385. The van der Waals surface area contributed by atoms with Gasteiger partial charge in [0.05, 0.1) is 12.2 Å². The summed E-state index contributed by atoms with van der Waals surface area (Å²) in [6, 6.07) is 1.62. The molecule has 1 heterocycles. The Kier molecular flexibility index (Phi) is 2.38. The molecule has 0 aromatic carbocycles. The van der Waals surface area contributed by atoms with E-state index >= 15 is 0 Å². The molecule has 11 heavy (non-hydrogen) atoms. The molecule has 0 atom stereocenters. The molecule has 0 spiro atoms. The van der Waals surface area contributed by atoms with Crippen LogP contribution in [0.15, 0.2) is 10.6 Å². The number of aromatic nitrogens is 1. The van der Waals surface area contributed by atoms with Crippen molar-refractivity contribution >= 4 is 5.78 Å². The topological polar surface area (TPSA) is 55.1 Å². The molecule has 0 saturated heterocycles. The van der Waals surface area contributed by atoms with Crippen LogP contribution in [0, 0.1) is 6.92 Å². The van der Waals surface area contributed by atoms with Crippen molar-refractivity contribution in [2.45, 2.75) is 6.92 Å². The Bertz CT molecular complexity index is 255. The van der Waals surface area contributed by atoms with Crippen LogP contribution in [0.3, 0.4) is 0 Å². The molecule has 1 aromatic heterocycles. The number of aryl methyl sites for hydroxylation is 1. The standard InChI is InChI=1S/C7H10N2O2/c1-5-3-7(11-9-5)6(10)4-8-2/h3,8H,4H2,1-2H3. The van der Waals surface area contributed by atoms with E-state index in [0.29, 0.717) is 5.76 Å². The lowest BCUT2D eigenvalue weighted by atomic mass is 10.3. The number of rotatable bonds is 3. The second kappa shape index (κ2) is 3.30. The van der Waals surface area contributed by atoms with Gasteiger partial charge in [-0.2, -0.15) is 0 Å². The molecule has 0 bridgehead atoms. The lowest BCUT2D eigenvalue weighted by molar-refractivity contribution is 0.0958. The summed E-state index contributed by atoms with van der Waals surface area (Å²) in [5.41, 5.74) is 0.726. The van der Waals surface area contributed by atoms with Gasteiger partial charge in [0.1, 0.15) is 0 Å². The summed E-state index contributed by atoms with van der Waals surface area (Å²) in [5, 5.41) is 6.33. The number of ketones is 1. The molecular weight excluding hydrogens is 144 g/mol. The van der Waals surface area contributed by atoms with E-state index in [9.17, 15) is 4.79 Å². The molecule has 0 saturated carbocycles. The van der Waals surface area contributed by atoms with E-state index in [0.717, 1.165) is 5.69 Å². The van der Waals surface area contributed by atoms with Crippen molar-refractivity contribution < 1.29 is 9.32 Å². The van der Waals surface area contributed by atoms with Crippen LogP contribution < -0.4 is 5.32 Å². The minimum absolute atomic E-state index is 0.0758. The average Bonchev–Trinajstić information content (AvgIpc) is 2.36. The maximum Gasteiger partial charge on any atom is 0.214 e. The lowest BCUT2D eigenvalue weighted by Gasteiger charge is -1.91. The fourth-order valence-corrected chi connectivity index (χ4v) is 0.743. The van der Waals surface area contributed by atoms with E-state index in [1.54, 1.807) is 20.0 Å². The number of Topliss-reactive ketones (excluding diaryl/α,β-unsaturated/α-hetero) is 1. The van der Waals surface area contributed by atoms with E-state index in [1.807, 2.05) is 0 Å². The van der Waals surface area contributed by atoms with Crippen molar-refractivity contribution in [2.75, 3.05) is 13.6 Å². The van der Waals surface area contributed by atoms with Crippen LogP contribution in [0.25, 0.3) is 0 Å². The molecule has 4 nitrogen and oxygen atoms in total. The smallest absolute Gasteiger partial charge is 0.214 e. The highest BCUT2D eigenvalue weighted by Gasteiger charge is 2.09. The predicted molar refractivity (Wildman–Crippen MR) is 39.5 cm³/mol. The van der Waals surface area contributed by atoms with Gasteiger partial charge in [0.25, 0.3) is 0 Å². The molecule has 1 N–H and O–H groups in total. The van der Waals surface area contributed by atoms with Crippen LogP contribution in [0.1, 0.15) is 16.2 Å². The van der Waals surface area contributed by atoms with Gasteiger partial charge < -0.3 is 9.84 Å². The summed E-state index contributed by atoms with van der Waals surface area (Å²) in [4.78, 5) is 11.1. The normalized spacial score (nSPS) is 10.0. The summed E-state index contributed by atoms with van der Waals surface area (Å²) < 4.78 is 4.74. The molecule has 0 aliphatic rings. The molecule has 0 aliphatic heterocycles. The molecule has 0 unspecified atom stereocenters. The van der Waals surface area contributed by atoms with Gasteiger partial charge in [-0.15, -0.1) is 0 Å². The van der Waals surface area contributed by atoms with Crippen LogP contribution in [0.5, 0.6) is 0 Å². The fraction of sp³-hybridized carbons (Fsp3) is 0.429. The molecule has 1 aromatic rings. The third-order valence-electron chi connectivity index (χ3n) is 1.24. The highest BCUT2D eigenvalue weighted by Crippen LogP contribution is 2.01. The fourth-order valence-electron chi connectivity index (χ4n) is 0.743. The zero-order chi connectivity index (χ0) is 8.27. The number of hydrogen-bond donors (Lipinski definition) is 1. The second-order valence-electron chi connectivity index (χ2n) is 2.29. The van der Waals surface area contributed by atoms with Gasteiger partial charge in [-0.3, -0.25) is 4.79 Å². The first-order valence-corrected chi connectivity index (χ1v) is 3.35. The Morgan fingerprint density at radius 1 is 1.82 bits per heavy atom. The molecular formula is C7H10N2O2. The van der Waals surface area contributed by atoms with E-state index in [4.69, 9.17) is 4.52 Å². The number of likely N-dealkylation sites (N-methyl/N-ethyl adjacent to an activating group) is 1. The zero-order valence-electron chi connectivity index (χ0n) is 6.55. The van der Waals surface area contributed by atoms with Crippen molar-refractivity contribution in [1.82, 2.24) is 10.5 Å². The third kappa shape index (κ3) is 1.88. The van der Waals surface area contributed by atoms with Crippen LogP contribution in [0.2, 0.25) is 0 Å². The van der Waals surface area contributed by atoms with Crippen LogP contribution in [-0.4, -0.2) is 24.5 Å². The quantitative estimate of drug-likeness (QED) is 0.640. The van der Waals surface area contributed by atoms with Gasteiger partial charge in [0, 0.05) is 6.07 Å². The van der Waals surface area contributed by atoms with E-state index in [2.05, 4.69) is 10.5 Å². The zero-order valence-corrected chi connectivity index (χ0v) is 6.55. The molecule has 1 rings (SSSR count). The Balaban J connectivity index is 2.69. The maximum absolute atomic E-state index is 11.1. The SMILES string of the molecule is CNCC(=O)c1cc(C)no1. The number of nitrogens with zero attached hydrogens (tertiary/aromatic N) is 1. The minimum Gasteiger partial charge on any atom is -0.353 e. The van der Waals surface area contributed by atoms with Crippen LogP contribution in [0.4, 0.5) is 0 Å². The van der Waals surface area contributed by atoms with Gasteiger partial charge in [-0.05, 0) is 14.0 Å². The van der Waals surface area contributed by atoms with Crippen molar-refractivity contribution in [3.8, 4) is 0 Å². The van der Waals surface area contributed by atoms with Crippen molar-refractivity contribution in [3.63, 3.8) is 0 Å². The third-order valence-corrected chi connectivity index (χ3v) is 1.24. The Labute approximate surface area is 64.6 Å². The first kappa shape index (κ1) is 7.94. The second-order valence-corrected chi connectivity index (χ2v) is 2.29. The van der Waals surface area contributed by atoms with Crippen molar-refractivity contribution in [1.29, 1.82) is 0 Å². The maximum atomic E-state index is 11.1. The molecule has 0 radical (unpaired) electrons. The molecule has 0 amide bonds. The number of nitrogens with one attached hydrogen (secondary N) is 1. The Hall–Kier alpha value is -1.16. The number of hydrogen-bond acceptors (Lipinski definition) is 4. The lowest BCUT2D eigenvalue weighted by Crippen LogP contribution is -2.17. The van der Waals surface area contributed by atoms with E-state index in [1.165, 1.54) is 0 Å².